The fraction of sp³-hybridized carbons (Fsp3) is 0.538. The van der Waals surface area contributed by atoms with E-state index in [1.165, 1.54) is 12.6 Å². The summed E-state index contributed by atoms with van der Waals surface area (Å²) in [7, 11) is 0. The predicted octanol–water partition coefficient (Wildman–Crippen LogP) is 2.49. The Morgan fingerprint density at radius 3 is 2.94 bits per heavy atom. The molecule has 1 atom stereocenters. The zero-order chi connectivity index (χ0) is 12.5. The maximum atomic E-state index is 8.83. The van der Waals surface area contributed by atoms with Crippen molar-refractivity contribution in [1.29, 1.82) is 5.26 Å². The van der Waals surface area contributed by atoms with Gasteiger partial charge in [0.2, 0.25) is 0 Å². The number of rotatable bonds is 2. The first-order valence-electron chi connectivity index (χ1n) is 5.85. The van der Waals surface area contributed by atoms with Crippen molar-refractivity contribution in [1.82, 2.24) is 4.98 Å². The average molecular weight is 231 g/mol. The summed E-state index contributed by atoms with van der Waals surface area (Å²) >= 11 is 0. The van der Waals surface area contributed by atoms with Gasteiger partial charge in [0.1, 0.15) is 12.2 Å². The Morgan fingerprint density at radius 1 is 1.59 bits per heavy atom. The standard InChI is InChI=1S/C13H17N3O/c1-13(2)5-3-4-11(13)17-10-6-9(7-14)8-16-12(10)15/h6,8,11H,3-5H2,1-2H3,(H2,15,16)/t11-/m0/s1. The Kier molecular flexibility index (Phi) is 2.93. The van der Waals surface area contributed by atoms with Gasteiger partial charge in [-0.3, -0.25) is 0 Å². The van der Waals surface area contributed by atoms with Crippen LogP contribution in [0.1, 0.15) is 38.7 Å². The Morgan fingerprint density at radius 2 is 2.35 bits per heavy atom. The van der Waals surface area contributed by atoms with Gasteiger partial charge in [-0.05, 0) is 19.3 Å². The van der Waals surface area contributed by atoms with E-state index in [9.17, 15) is 0 Å². The normalized spacial score (nSPS) is 22.1. The van der Waals surface area contributed by atoms with E-state index in [0.717, 1.165) is 12.8 Å². The molecule has 0 bridgehead atoms. The SMILES string of the molecule is CC1(C)CCC[C@@H]1Oc1cc(C#N)cnc1N. The van der Waals surface area contributed by atoms with E-state index in [0.29, 0.717) is 17.1 Å². The van der Waals surface area contributed by atoms with Crippen molar-refractivity contribution in [2.24, 2.45) is 5.41 Å². The molecule has 1 aliphatic rings. The van der Waals surface area contributed by atoms with Gasteiger partial charge in [0.05, 0.1) is 5.56 Å². The van der Waals surface area contributed by atoms with Crippen LogP contribution in [0.3, 0.4) is 0 Å². The molecule has 1 fully saturated rings. The summed E-state index contributed by atoms with van der Waals surface area (Å²) in [6, 6.07) is 3.71. The molecule has 2 rings (SSSR count). The zero-order valence-corrected chi connectivity index (χ0v) is 10.2. The van der Waals surface area contributed by atoms with Gasteiger partial charge >= 0.3 is 0 Å². The third-order valence-corrected chi connectivity index (χ3v) is 3.44. The van der Waals surface area contributed by atoms with Gasteiger partial charge < -0.3 is 10.5 Å². The Balaban J connectivity index is 2.21. The molecule has 1 heterocycles. The van der Waals surface area contributed by atoms with Crippen LogP contribution in [-0.4, -0.2) is 11.1 Å². The number of hydrogen-bond acceptors (Lipinski definition) is 4. The zero-order valence-electron chi connectivity index (χ0n) is 10.2. The number of aromatic nitrogens is 1. The summed E-state index contributed by atoms with van der Waals surface area (Å²) in [5, 5.41) is 8.83. The minimum atomic E-state index is 0.153. The summed E-state index contributed by atoms with van der Waals surface area (Å²) in [5.41, 5.74) is 6.40. The number of nitrogens with zero attached hydrogens (tertiary/aromatic N) is 2. The Bertz CT molecular complexity index is 462. The number of ether oxygens (including phenoxy) is 1. The highest BCUT2D eigenvalue weighted by Crippen LogP contribution is 2.40. The van der Waals surface area contributed by atoms with Gasteiger partial charge in [0.25, 0.3) is 0 Å². The third kappa shape index (κ3) is 2.33. The van der Waals surface area contributed by atoms with Gasteiger partial charge in [0, 0.05) is 17.7 Å². The van der Waals surface area contributed by atoms with Crippen LogP contribution in [0.25, 0.3) is 0 Å². The maximum Gasteiger partial charge on any atom is 0.166 e. The van der Waals surface area contributed by atoms with Crippen molar-refractivity contribution < 1.29 is 4.74 Å². The summed E-state index contributed by atoms with van der Waals surface area (Å²) in [6.45, 7) is 4.39. The molecule has 1 aromatic heterocycles. The fourth-order valence-corrected chi connectivity index (χ4v) is 2.28. The molecule has 2 N–H and O–H groups in total. The van der Waals surface area contributed by atoms with Crippen molar-refractivity contribution >= 4 is 5.82 Å². The van der Waals surface area contributed by atoms with Gasteiger partial charge in [-0.2, -0.15) is 5.26 Å². The van der Waals surface area contributed by atoms with Crippen LogP contribution >= 0.6 is 0 Å². The average Bonchev–Trinajstić information content (AvgIpc) is 2.61. The van der Waals surface area contributed by atoms with Crippen LogP contribution in [0.4, 0.5) is 5.82 Å². The van der Waals surface area contributed by atoms with E-state index >= 15 is 0 Å². The third-order valence-electron chi connectivity index (χ3n) is 3.44. The van der Waals surface area contributed by atoms with E-state index in [1.54, 1.807) is 6.07 Å². The van der Waals surface area contributed by atoms with Crippen molar-refractivity contribution in [3.05, 3.63) is 17.8 Å². The molecule has 1 aromatic rings. The second kappa shape index (κ2) is 4.25. The highest BCUT2D eigenvalue weighted by Gasteiger charge is 2.36. The number of nitrogen functional groups attached to an aromatic ring is 1. The smallest absolute Gasteiger partial charge is 0.166 e. The van der Waals surface area contributed by atoms with Crippen LogP contribution in [0.5, 0.6) is 5.75 Å². The highest BCUT2D eigenvalue weighted by molar-refractivity contribution is 5.49. The molecule has 0 aliphatic heterocycles. The van der Waals surface area contributed by atoms with Crippen molar-refractivity contribution in [3.63, 3.8) is 0 Å². The number of nitrogens with two attached hydrogens (primary N) is 1. The van der Waals surface area contributed by atoms with E-state index in [1.807, 2.05) is 6.07 Å². The monoisotopic (exact) mass is 231 g/mol. The molecule has 0 unspecified atom stereocenters. The van der Waals surface area contributed by atoms with Gasteiger partial charge in [-0.15, -0.1) is 0 Å². The Hall–Kier alpha value is -1.76. The number of anilines is 1. The number of hydrogen-bond donors (Lipinski definition) is 1. The predicted molar refractivity (Wildman–Crippen MR) is 65.4 cm³/mol. The summed E-state index contributed by atoms with van der Waals surface area (Å²) in [4.78, 5) is 3.97. The fourth-order valence-electron chi connectivity index (χ4n) is 2.28. The van der Waals surface area contributed by atoms with Crippen molar-refractivity contribution in [2.75, 3.05) is 5.73 Å². The molecule has 1 aliphatic carbocycles. The maximum absolute atomic E-state index is 8.83. The van der Waals surface area contributed by atoms with Crippen LogP contribution in [0.2, 0.25) is 0 Å². The van der Waals surface area contributed by atoms with Crippen LogP contribution < -0.4 is 10.5 Å². The lowest BCUT2D eigenvalue weighted by molar-refractivity contribution is 0.104. The summed E-state index contributed by atoms with van der Waals surface area (Å²) in [5.74, 6) is 0.885. The topological polar surface area (TPSA) is 71.9 Å². The highest BCUT2D eigenvalue weighted by atomic mass is 16.5. The lowest BCUT2D eigenvalue weighted by Crippen LogP contribution is -2.29. The lowest BCUT2D eigenvalue weighted by atomic mass is 9.89. The molecular formula is C13H17N3O. The summed E-state index contributed by atoms with van der Waals surface area (Å²) < 4.78 is 5.93. The van der Waals surface area contributed by atoms with Gasteiger partial charge in [-0.25, -0.2) is 4.98 Å². The number of nitriles is 1. The Labute approximate surface area is 101 Å². The largest absolute Gasteiger partial charge is 0.486 e. The lowest BCUT2D eigenvalue weighted by Gasteiger charge is -2.27. The molecule has 0 amide bonds. The molecule has 0 aromatic carbocycles. The van der Waals surface area contributed by atoms with Crippen molar-refractivity contribution in [2.45, 2.75) is 39.2 Å². The first-order chi connectivity index (χ1) is 8.03. The quantitative estimate of drug-likeness (QED) is 0.848. The van der Waals surface area contributed by atoms with Crippen molar-refractivity contribution in [3.8, 4) is 11.8 Å². The first-order valence-corrected chi connectivity index (χ1v) is 5.85. The minimum absolute atomic E-state index is 0.153. The second-order valence-electron chi connectivity index (χ2n) is 5.21. The van der Waals surface area contributed by atoms with E-state index in [2.05, 4.69) is 18.8 Å². The molecule has 4 nitrogen and oxygen atoms in total. The van der Waals surface area contributed by atoms with Gasteiger partial charge in [-0.1, -0.05) is 13.8 Å². The van der Waals surface area contributed by atoms with Crippen LogP contribution in [0.15, 0.2) is 12.3 Å². The summed E-state index contributed by atoms with van der Waals surface area (Å²) in [6.07, 6.45) is 4.97. The first kappa shape index (κ1) is 11.7. The van der Waals surface area contributed by atoms with E-state index in [4.69, 9.17) is 15.7 Å². The number of pyridine rings is 1. The van der Waals surface area contributed by atoms with Crippen LogP contribution in [-0.2, 0) is 0 Å². The van der Waals surface area contributed by atoms with Crippen LogP contribution in [0, 0.1) is 16.7 Å². The molecule has 4 heteroatoms. The molecule has 0 radical (unpaired) electrons. The van der Waals surface area contributed by atoms with Gasteiger partial charge in [0.15, 0.2) is 11.6 Å². The van der Waals surface area contributed by atoms with E-state index in [-0.39, 0.29) is 11.5 Å². The molecule has 0 spiro atoms. The van der Waals surface area contributed by atoms with E-state index < -0.39 is 0 Å². The molecule has 0 saturated heterocycles. The minimum Gasteiger partial charge on any atom is -0.486 e. The second-order valence-corrected chi connectivity index (χ2v) is 5.21. The molecule has 90 valence electrons. The molecule has 17 heavy (non-hydrogen) atoms. The molecular weight excluding hydrogens is 214 g/mol. The molecule has 1 saturated carbocycles.